The number of benzene rings is 11. The van der Waals surface area contributed by atoms with Gasteiger partial charge in [-0.25, -0.2) is 24.9 Å². The van der Waals surface area contributed by atoms with Crippen LogP contribution in [0, 0.1) is 0 Å². The lowest BCUT2D eigenvalue weighted by Crippen LogP contribution is -2.28. The van der Waals surface area contributed by atoms with Crippen LogP contribution in [0.25, 0.3) is 90.3 Å². The number of hydrogen-bond acceptors (Lipinski definition) is 5. The second-order valence-electron chi connectivity index (χ2n) is 21.4. The van der Waals surface area contributed by atoms with E-state index in [4.69, 9.17) is 24.9 Å². The summed E-state index contributed by atoms with van der Waals surface area (Å²) in [6.45, 7) is 0. The van der Waals surface area contributed by atoms with E-state index in [2.05, 4.69) is 243 Å². The van der Waals surface area contributed by atoms with Gasteiger partial charge in [0, 0.05) is 45.2 Å². The highest BCUT2D eigenvalue weighted by Crippen LogP contribution is 2.60. The summed E-state index contributed by atoms with van der Waals surface area (Å²) in [5, 5.41) is 0. The van der Waals surface area contributed by atoms with E-state index in [0.717, 1.165) is 50.3 Å². The van der Waals surface area contributed by atoms with E-state index >= 15 is 0 Å². The Morgan fingerprint density at radius 2 is 0.630 bits per heavy atom. The van der Waals surface area contributed by atoms with Crippen LogP contribution in [-0.4, -0.2) is 24.9 Å². The van der Waals surface area contributed by atoms with E-state index in [-0.39, 0.29) is 11.8 Å². The third kappa shape index (κ3) is 7.43. The van der Waals surface area contributed by atoms with Crippen molar-refractivity contribution in [2.24, 2.45) is 0 Å². The topological polar surface area (TPSA) is 64.5 Å². The first-order chi connectivity index (χ1) is 40.2. The zero-order valence-electron chi connectivity index (χ0n) is 44.0. The van der Waals surface area contributed by atoms with Crippen molar-refractivity contribution in [3.05, 3.63) is 341 Å². The molecule has 0 saturated carbocycles. The molecule has 2 atom stereocenters. The van der Waals surface area contributed by atoms with Crippen molar-refractivity contribution >= 4 is 0 Å². The van der Waals surface area contributed by atoms with E-state index in [1.165, 1.54) is 72.3 Å². The molecule has 0 fully saturated rings. The summed E-state index contributed by atoms with van der Waals surface area (Å²) in [5.74, 6) is 2.66. The Kier molecular flexibility index (Phi) is 10.9. The quantitative estimate of drug-likeness (QED) is 0.144. The minimum Gasteiger partial charge on any atom is -0.228 e. The maximum absolute atomic E-state index is 5.49. The summed E-state index contributed by atoms with van der Waals surface area (Å²) >= 11 is 0. The average Bonchev–Trinajstić information content (AvgIpc) is 3.17. The average molecular weight is 1030 g/mol. The van der Waals surface area contributed by atoms with Crippen molar-refractivity contribution in [3.63, 3.8) is 0 Å². The zero-order chi connectivity index (χ0) is 53.4. The van der Waals surface area contributed by atoms with Crippen LogP contribution in [0.15, 0.2) is 285 Å². The third-order valence-corrected chi connectivity index (χ3v) is 17.0. The Bertz CT molecular complexity index is 4480. The molecule has 4 aliphatic carbocycles. The van der Waals surface area contributed by atoms with E-state index < -0.39 is 5.41 Å². The summed E-state index contributed by atoms with van der Waals surface area (Å²) in [7, 11) is 0. The van der Waals surface area contributed by atoms with Gasteiger partial charge in [-0.05, 0) is 96.1 Å². The highest BCUT2D eigenvalue weighted by Gasteiger charge is 2.47. The molecule has 5 heteroatoms. The van der Waals surface area contributed by atoms with Gasteiger partial charge in [0.25, 0.3) is 0 Å². The number of aromatic nitrogens is 5. The van der Waals surface area contributed by atoms with Crippen LogP contribution >= 0.6 is 0 Å². The lowest BCUT2D eigenvalue weighted by Gasteiger charge is -2.42. The molecule has 81 heavy (non-hydrogen) atoms. The molecule has 2 heterocycles. The van der Waals surface area contributed by atoms with Gasteiger partial charge >= 0.3 is 0 Å². The number of rotatable bonds is 9. The van der Waals surface area contributed by atoms with Crippen LogP contribution in [0.5, 0.6) is 0 Å². The van der Waals surface area contributed by atoms with Gasteiger partial charge in [0.1, 0.15) is 0 Å². The second kappa shape index (κ2) is 18.9. The molecule has 0 N–H and O–H groups in total. The Morgan fingerprint density at radius 1 is 0.235 bits per heavy atom. The first-order valence-electron chi connectivity index (χ1n) is 27.8. The van der Waals surface area contributed by atoms with Gasteiger partial charge in [-0.2, -0.15) is 0 Å². The predicted molar refractivity (Wildman–Crippen MR) is 326 cm³/mol. The fraction of sp³-hybridized carbons (Fsp3) is 0.0395. The number of fused-ring (bicyclic) bond motifs is 3. The molecule has 4 aliphatic rings. The molecule has 2 aromatic heterocycles. The molecule has 0 aliphatic heterocycles. The smallest absolute Gasteiger partial charge is 0.164 e. The molecule has 378 valence electrons. The predicted octanol–water partition coefficient (Wildman–Crippen LogP) is 17.7. The second-order valence-corrected chi connectivity index (χ2v) is 21.4. The highest BCUT2D eigenvalue weighted by atomic mass is 15.0. The number of nitrogens with zero attached hydrogens (tertiary/aromatic N) is 5. The normalized spacial score (nSPS) is 14.8. The Morgan fingerprint density at radius 3 is 1.20 bits per heavy atom. The summed E-state index contributed by atoms with van der Waals surface area (Å²) < 4.78 is 0. The van der Waals surface area contributed by atoms with Gasteiger partial charge in [0.15, 0.2) is 23.3 Å². The maximum atomic E-state index is 5.49. The first kappa shape index (κ1) is 46.6. The first-order valence-corrected chi connectivity index (χ1v) is 27.8. The number of hydrogen-bond donors (Lipinski definition) is 0. The molecule has 17 rings (SSSR count). The molecule has 0 saturated heterocycles. The summed E-state index contributed by atoms with van der Waals surface area (Å²) in [5.41, 5.74) is 24.8. The molecule has 5 nitrogen and oxygen atoms in total. The molecular formula is C76H49N5. The van der Waals surface area contributed by atoms with Crippen molar-refractivity contribution in [2.75, 3.05) is 0 Å². The van der Waals surface area contributed by atoms with E-state index in [0.29, 0.717) is 23.3 Å². The monoisotopic (exact) mass is 1030 g/mol. The maximum Gasteiger partial charge on any atom is 0.164 e. The minimum atomic E-state index is -0.523. The molecule has 0 radical (unpaired) electrons. The van der Waals surface area contributed by atoms with Gasteiger partial charge in [-0.3, -0.25) is 0 Å². The summed E-state index contributed by atoms with van der Waals surface area (Å²) in [4.78, 5) is 26.2. The molecule has 2 bridgehead atoms. The van der Waals surface area contributed by atoms with Gasteiger partial charge in [0.2, 0.25) is 0 Å². The van der Waals surface area contributed by atoms with Gasteiger partial charge < -0.3 is 0 Å². The minimum absolute atomic E-state index is 0.0147. The Labute approximate surface area is 470 Å². The van der Waals surface area contributed by atoms with Crippen LogP contribution in [0.2, 0.25) is 0 Å². The summed E-state index contributed by atoms with van der Waals surface area (Å²) in [6, 6.07) is 103. The Hall–Kier alpha value is -10.5. The van der Waals surface area contributed by atoms with Crippen molar-refractivity contribution in [3.8, 4) is 90.3 Å². The summed E-state index contributed by atoms with van der Waals surface area (Å²) in [6.07, 6.45) is 0. The van der Waals surface area contributed by atoms with Crippen molar-refractivity contribution < 1.29 is 0 Å². The van der Waals surface area contributed by atoms with Crippen LogP contribution in [-0.2, 0) is 5.41 Å². The van der Waals surface area contributed by atoms with Crippen LogP contribution in [0.3, 0.4) is 0 Å². The molecule has 2 unspecified atom stereocenters. The molecule has 13 aromatic rings. The lowest BCUT2D eigenvalue weighted by molar-refractivity contribution is 0.754. The zero-order valence-corrected chi connectivity index (χ0v) is 44.0. The van der Waals surface area contributed by atoms with Crippen LogP contribution in [0.4, 0.5) is 0 Å². The van der Waals surface area contributed by atoms with E-state index in [9.17, 15) is 0 Å². The van der Waals surface area contributed by atoms with Crippen molar-refractivity contribution in [1.29, 1.82) is 0 Å². The molecule has 0 amide bonds. The van der Waals surface area contributed by atoms with Crippen molar-refractivity contribution in [1.82, 2.24) is 24.9 Å². The van der Waals surface area contributed by atoms with E-state index in [1.54, 1.807) is 0 Å². The van der Waals surface area contributed by atoms with Crippen LogP contribution < -0.4 is 0 Å². The Balaban J connectivity index is 0.838. The SMILES string of the molecule is c1ccc(-c2nc(-c3ccc4c(c3)C3c5ccccc5C4c4cc(-c5nc(-c6ccccc6)nc(-c6ccccc6)n5)ccc43)cc(-c3ccccc3-c3cccc4c3-c3ccccc3C4(c3ccccc3)c3ccccc3)n2)cc1. The van der Waals surface area contributed by atoms with Gasteiger partial charge in [0.05, 0.1) is 16.8 Å². The van der Waals surface area contributed by atoms with Crippen molar-refractivity contribution in [2.45, 2.75) is 17.3 Å². The van der Waals surface area contributed by atoms with Gasteiger partial charge in [-0.1, -0.05) is 267 Å². The molecule has 11 aromatic carbocycles. The fourth-order valence-corrected chi connectivity index (χ4v) is 13.6. The fourth-order valence-electron chi connectivity index (χ4n) is 13.6. The van der Waals surface area contributed by atoms with E-state index in [1.807, 2.05) is 42.5 Å². The third-order valence-electron chi connectivity index (χ3n) is 17.0. The van der Waals surface area contributed by atoms with Gasteiger partial charge in [-0.15, -0.1) is 0 Å². The highest BCUT2D eigenvalue weighted by molar-refractivity contribution is 5.99. The van der Waals surface area contributed by atoms with Crippen LogP contribution in [0.1, 0.15) is 67.5 Å². The largest absolute Gasteiger partial charge is 0.228 e. The standard InChI is InChI=1S/C76H49N5/c1-6-23-48(24-7-1)72-77-67(47-68(78-72)56-34-17-16-33-55(56)57-38-22-40-66-71(57)62-37-20-21-39-65(62)76(66,53-29-12-4-13-30-53)54-31-14-5-15-32-54)51-41-43-60-63(45-51)69-58-35-18-19-36-59(58)70(60)64-46-52(42-44-61(64)69)75-80-73(49-25-8-2-9-26-49)79-74(81-75)50-27-10-3-11-28-50/h1-47,69-70H. The molecule has 0 spiro atoms. The molecular weight excluding hydrogens is 983 g/mol. The lowest BCUT2D eigenvalue weighted by atomic mass is 9.60.